The quantitative estimate of drug-likeness (QED) is 0.407. The molecule has 0 saturated heterocycles. The zero-order valence-corrected chi connectivity index (χ0v) is 9.38. The maximum Gasteiger partial charge on any atom is 0.0845 e. The second-order valence-corrected chi connectivity index (χ2v) is 3.66. The van der Waals surface area contributed by atoms with Crippen molar-refractivity contribution in [1.29, 1.82) is 0 Å². The van der Waals surface area contributed by atoms with E-state index >= 15 is 0 Å². The highest BCUT2D eigenvalue weighted by atomic mass is 16.5. The highest BCUT2D eigenvalue weighted by Gasteiger charge is 1.98. The summed E-state index contributed by atoms with van der Waals surface area (Å²) in [6.45, 7) is 7.35. The van der Waals surface area contributed by atoms with Gasteiger partial charge in [0.05, 0.1) is 12.9 Å². The van der Waals surface area contributed by atoms with Crippen molar-refractivity contribution in [3.63, 3.8) is 0 Å². The summed E-state index contributed by atoms with van der Waals surface area (Å²) in [5.74, 6) is 0.809. The fraction of sp³-hybridized carbons (Fsp3) is 0.833. The fourth-order valence-electron chi connectivity index (χ4n) is 1.31. The second kappa shape index (κ2) is 9.63. The Kier molecular flexibility index (Phi) is 9.29. The monoisotopic (exact) mass is 184 g/mol. The van der Waals surface area contributed by atoms with Gasteiger partial charge in [0, 0.05) is 0 Å². The van der Waals surface area contributed by atoms with Gasteiger partial charge < -0.3 is 4.74 Å². The van der Waals surface area contributed by atoms with Crippen LogP contribution in [0, 0.1) is 5.92 Å². The Morgan fingerprint density at radius 3 is 2.62 bits per heavy atom. The van der Waals surface area contributed by atoms with Gasteiger partial charge in [-0.1, -0.05) is 39.5 Å². The van der Waals surface area contributed by atoms with Gasteiger partial charge in [-0.2, -0.15) is 0 Å². The normalized spacial score (nSPS) is 13.5. The minimum atomic E-state index is 0.778. The smallest absolute Gasteiger partial charge is 0.0845 e. The van der Waals surface area contributed by atoms with Gasteiger partial charge in [0.15, 0.2) is 0 Å². The first-order chi connectivity index (χ1) is 6.31. The van der Waals surface area contributed by atoms with Gasteiger partial charge in [-0.05, 0) is 25.3 Å². The van der Waals surface area contributed by atoms with Crippen LogP contribution in [-0.4, -0.2) is 6.61 Å². The van der Waals surface area contributed by atoms with Gasteiger partial charge >= 0.3 is 0 Å². The van der Waals surface area contributed by atoms with E-state index < -0.39 is 0 Å². The zero-order chi connectivity index (χ0) is 9.94. The lowest BCUT2D eigenvalue weighted by Crippen LogP contribution is -1.92. The number of ether oxygens (including phenoxy) is 1. The Morgan fingerprint density at radius 2 is 2.00 bits per heavy atom. The molecule has 0 aromatic heterocycles. The molecule has 0 saturated carbocycles. The Morgan fingerprint density at radius 1 is 1.23 bits per heavy atom. The van der Waals surface area contributed by atoms with Gasteiger partial charge in [0.2, 0.25) is 0 Å². The van der Waals surface area contributed by atoms with Gasteiger partial charge in [-0.3, -0.25) is 0 Å². The standard InChI is InChI=1S/C12H24O/c1-4-6-7-9-12(3)10-8-11-13-5-2/h8,11-12H,4-7,9-10H2,1-3H3. The number of hydrogen-bond acceptors (Lipinski definition) is 1. The lowest BCUT2D eigenvalue weighted by Gasteiger charge is -2.07. The van der Waals surface area contributed by atoms with Gasteiger partial charge in [0.25, 0.3) is 0 Å². The molecule has 13 heavy (non-hydrogen) atoms. The molecule has 0 amide bonds. The number of unbranched alkanes of at least 4 members (excludes halogenated alkanes) is 2. The predicted octanol–water partition coefficient (Wildman–Crippen LogP) is 4.14. The maximum absolute atomic E-state index is 5.13. The molecule has 0 bridgehead atoms. The molecule has 0 fully saturated rings. The number of allylic oxidation sites excluding steroid dienone is 1. The lowest BCUT2D eigenvalue weighted by atomic mass is 10.0. The average molecular weight is 184 g/mol. The summed E-state index contributed by atoms with van der Waals surface area (Å²) >= 11 is 0. The van der Waals surface area contributed by atoms with E-state index in [-0.39, 0.29) is 0 Å². The van der Waals surface area contributed by atoms with Crippen molar-refractivity contribution >= 4 is 0 Å². The van der Waals surface area contributed by atoms with E-state index in [0.717, 1.165) is 18.9 Å². The van der Waals surface area contributed by atoms with E-state index in [2.05, 4.69) is 19.9 Å². The van der Waals surface area contributed by atoms with Crippen molar-refractivity contribution in [3.05, 3.63) is 12.3 Å². The fourth-order valence-corrected chi connectivity index (χ4v) is 1.31. The minimum absolute atomic E-state index is 0.778. The first-order valence-corrected chi connectivity index (χ1v) is 5.57. The molecule has 0 aromatic carbocycles. The molecule has 0 heterocycles. The molecule has 1 heteroatoms. The summed E-state index contributed by atoms with van der Waals surface area (Å²) in [6.07, 6.45) is 10.5. The molecule has 0 rings (SSSR count). The summed E-state index contributed by atoms with van der Waals surface area (Å²) in [5, 5.41) is 0. The van der Waals surface area contributed by atoms with Crippen molar-refractivity contribution in [2.45, 2.75) is 52.9 Å². The van der Waals surface area contributed by atoms with Crippen LogP contribution in [0.15, 0.2) is 12.3 Å². The van der Waals surface area contributed by atoms with Crippen LogP contribution in [0.4, 0.5) is 0 Å². The van der Waals surface area contributed by atoms with E-state index in [9.17, 15) is 0 Å². The Hall–Kier alpha value is -0.460. The topological polar surface area (TPSA) is 9.23 Å². The van der Waals surface area contributed by atoms with Crippen LogP contribution in [-0.2, 0) is 4.74 Å². The Balaban J connectivity index is 3.23. The molecule has 0 radical (unpaired) electrons. The summed E-state index contributed by atoms with van der Waals surface area (Å²) in [4.78, 5) is 0. The number of hydrogen-bond donors (Lipinski definition) is 0. The predicted molar refractivity (Wildman–Crippen MR) is 58.7 cm³/mol. The van der Waals surface area contributed by atoms with E-state index in [1.807, 2.05) is 13.2 Å². The molecule has 1 atom stereocenters. The number of rotatable bonds is 8. The van der Waals surface area contributed by atoms with Crippen LogP contribution in [0.2, 0.25) is 0 Å². The third-order valence-electron chi connectivity index (χ3n) is 2.20. The van der Waals surface area contributed by atoms with Gasteiger partial charge in [0.1, 0.15) is 0 Å². The second-order valence-electron chi connectivity index (χ2n) is 3.66. The first-order valence-electron chi connectivity index (χ1n) is 5.57. The van der Waals surface area contributed by atoms with Crippen molar-refractivity contribution in [3.8, 4) is 0 Å². The highest BCUT2D eigenvalue weighted by Crippen LogP contribution is 2.13. The van der Waals surface area contributed by atoms with Crippen molar-refractivity contribution in [2.24, 2.45) is 5.92 Å². The minimum Gasteiger partial charge on any atom is -0.502 e. The van der Waals surface area contributed by atoms with E-state index in [1.165, 1.54) is 25.7 Å². The molecular weight excluding hydrogens is 160 g/mol. The van der Waals surface area contributed by atoms with Crippen LogP contribution in [0.1, 0.15) is 52.9 Å². The van der Waals surface area contributed by atoms with Crippen LogP contribution < -0.4 is 0 Å². The molecule has 0 aliphatic carbocycles. The Bertz CT molecular complexity index is 118. The molecule has 1 nitrogen and oxygen atoms in total. The van der Waals surface area contributed by atoms with Crippen LogP contribution in [0.5, 0.6) is 0 Å². The molecule has 78 valence electrons. The molecule has 0 aliphatic rings. The highest BCUT2D eigenvalue weighted by molar-refractivity contribution is 4.76. The van der Waals surface area contributed by atoms with Gasteiger partial charge in [-0.25, -0.2) is 0 Å². The Labute approximate surface area is 83.2 Å². The lowest BCUT2D eigenvalue weighted by molar-refractivity contribution is 0.267. The van der Waals surface area contributed by atoms with Crippen LogP contribution >= 0.6 is 0 Å². The van der Waals surface area contributed by atoms with Crippen molar-refractivity contribution in [2.75, 3.05) is 6.61 Å². The molecule has 0 aliphatic heterocycles. The molecule has 0 aromatic rings. The van der Waals surface area contributed by atoms with Crippen LogP contribution in [0.3, 0.4) is 0 Å². The zero-order valence-electron chi connectivity index (χ0n) is 9.38. The van der Waals surface area contributed by atoms with Crippen molar-refractivity contribution < 1.29 is 4.74 Å². The molecule has 1 unspecified atom stereocenters. The molecular formula is C12H24O. The van der Waals surface area contributed by atoms with Crippen LogP contribution in [0.25, 0.3) is 0 Å². The van der Waals surface area contributed by atoms with Crippen molar-refractivity contribution in [1.82, 2.24) is 0 Å². The summed E-state index contributed by atoms with van der Waals surface area (Å²) < 4.78 is 5.13. The first kappa shape index (κ1) is 12.5. The summed E-state index contributed by atoms with van der Waals surface area (Å²) in [5.41, 5.74) is 0. The molecule has 0 N–H and O–H groups in total. The third kappa shape index (κ3) is 9.45. The van der Waals surface area contributed by atoms with E-state index in [0.29, 0.717) is 0 Å². The summed E-state index contributed by atoms with van der Waals surface area (Å²) in [6, 6.07) is 0. The van der Waals surface area contributed by atoms with E-state index in [4.69, 9.17) is 4.74 Å². The average Bonchev–Trinajstić information content (AvgIpc) is 2.13. The SMILES string of the molecule is CCCCCC(C)CC=COCC. The molecule has 0 spiro atoms. The van der Waals surface area contributed by atoms with E-state index in [1.54, 1.807) is 0 Å². The summed E-state index contributed by atoms with van der Waals surface area (Å²) in [7, 11) is 0. The maximum atomic E-state index is 5.13. The van der Waals surface area contributed by atoms with Gasteiger partial charge in [-0.15, -0.1) is 0 Å². The largest absolute Gasteiger partial charge is 0.502 e. The third-order valence-corrected chi connectivity index (χ3v) is 2.20.